The van der Waals surface area contributed by atoms with E-state index >= 15 is 0 Å². The lowest BCUT2D eigenvalue weighted by Crippen LogP contribution is -2.23. The molecule has 16 heavy (non-hydrogen) atoms. The Hall–Kier alpha value is -0.960. The molecule has 0 aliphatic carbocycles. The predicted molar refractivity (Wildman–Crippen MR) is 60.4 cm³/mol. The molecule has 1 saturated heterocycles. The van der Waals surface area contributed by atoms with Crippen molar-refractivity contribution in [2.24, 2.45) is 0 Å². The van der Waals surface area contributed by atoms with Crippen LogP contribution in [0.15, 0.2) is 18.2 Å². The fourth-order valence-electron chi connectivity index (χ4n) is 2.41. The maximum atomic E-state index is 13.5. The highest BCUT2D eigenvalue weighted by Gasteiger charge is 2.19. The van der Waals surface area contributed by atoms with E-state index < -0.39 is 11.6 Å². The van der Waals surface area contributed by atoms with Crippen LogP contribution in [0.5, 0.6) is 0 Å². The largest absolute Gasteiger partial charge is 0.314 e. The molecule has 0 aromatic heterocycles. The second kappa shape index (κ2) is 4.91. The number of hydrogen-bond acceptors (Lipinski definition) is 1. The lowest BCUT2D eigenvalue weighted by molar-refractivity contribution is 0.489. The Morgan fingerprint density at radius 1 is 1.44 bits per heavy atom. The van der Waals surface area contributed by atoms with Crippen molar-refractivity contribution in [1.29, 1.82) is 0 Å². The summed E-state index contributed by atoms with van der Waals surface area (Å²) >= 11 is 0. The first-order valence-corrected chi connectivity index (χ1v) is 5.85. The van der Waals surface area contributed by atoms with Gasteiger partial charge in [0.15, 0.2) is 0 Å². The molecule has 1 aliphatic heterocycles. The summed E-state index contributed by atoms with van der Waals surface area (Å²) in [6, 6.07) is 4.34. The lowest BCUT2D eigenvalue weighted by Gasteiger charge is -2.17. The zero-order valence-corrected chi connectivity index (χ0v) is 9.47. The van der Waals surface area contributed by atoms with E-state index in [1.54, 1.807) is 6.07 Å². The number of hydrogen-bond donors (Lipinski definition) is 1. The third kappa shape index (κ3) is 2.59. The molecular weight excluding hydrogens is 208 g/mol. The van der Waals surface area contributed by atoms with Crippen molar-refractivity contribution in [2.45, 2.75) is 38.1 Å². The van der Waals surface area contributed by atoms with Crippen LogP contribution in [0.4, 0.5) is 8.78 Å². The first-order chi connectivity index (χ1) is 7.66. The summed E-state index contributed by atoms with van der Waals surface area (Å²) < 4.78 is 26.3. The first kappa shape index (κ1) is 11.5. The van der Waals surface area contributed by atoms with Crippen LogP contribution in [-0.2, 0) is 0 Å². The molecule has 2 unspecified atom stereocenters. The van der Waals surface area contributed by atoms with E-state index in [2.05, 4.69) is 5.32 Å². The zero-order valence-electron chi connectivity index (χ0n) is 9.47. The highest BCUT2D eigenvalue weighted by molar-refractivity contribution is 5.22. The molecule has 1 N–H and O–H groups in total. The van der Waals surface area contributed by atoms with Crippen molar-refractivity contribution in [1.82, 2.24) is 5.32 Å². The van der Waals surface area contributed by atoms with Crippen molar-refractivity contribution < 1.29 is 8.78 Å². The van der Waals surface area contributed by atoms with Crippen LogP contribution >= 0.6 is 0 Å². The minimum Gasteiger partial charge on any atom is -0.314 e. The summed E-state index contributed by atoms with van der Waals surface area (Å²) in [5.41, 5.74) is 0.620. The normalized spacial score (nSPS) is 22.3. The molecule has 1 fully saturated rings. The second-order valence-electron chi connectivity index (χ2n) is 4.60. The first-order valence-electron chi connectivity index (χ1n) is 5.85. The maximum absolute atomic E-state index is 13.5. The summed E-state index contributed by atoms with van der Waals surface area (Å²) in [6.07, 6.45) is 3.28. The Kier molecular flexibility index (Phi) is 3.54. The van der Waals surface area contributed by atoms with Gasteiger partial charge in [0.2, 0.25) is 0 Å². The third-order valence-electron chi connectivity index (χ3n) is 3.29. The second-order valence-corrected chi connectivity index (χ2v) is 4.60. The Balaban J connectivity index is 2.04. The van der Waals surface area contributed by atoms with Crippen molar-refractivity contribution in [2.75, 3.05) is 6.54 Å². The minimum atomic E-state index is -0.507. The summed E-state index contributed by atoms with van der Waals surface area (Å²) in [7, 11) is 0. The van der Waals surface area contributed by atoms with E-state index in [1.807, 2.05) is 6.92 Å². The highest BCUT2D eigenvalue weighted by atomic mass is 19.1. The summed E-state index contributed by atoms with van der Waals surface area (Å²) in [5, 5.41) is 3.39. The van der Waals surface area contributed by atoms with E-state index in [0.717, 1.165) is 25.5 Å². The van der Waals surface area contributed by atoms with Gasteiger partial charge >= 0.3 is 0 Å². The highest BCUT2D eigenvalue weighted by Crippen LogP contribution is 2.26. The van der Waals surface area contributed by atoms with Crippen LogP contribution in [0.2, 0.25) is 0 Å². The molecule has 2 atom stereocenters. The summed E-state index contributed by atoms with van der Waals surface area (Å²) in [6.45, 7) is 3.06. The van der Waals surface area contributed by atoms with E-state index in [0.29, 0.717) is 11.6 Å². The van der Waals surface area contributed by atoms with Crippen LogP contribution in [0, 0.1) is 11.6 Å². The van der Waals surface area contributed by atoms with E-state index in [9.17, 15) is 8.78 Å². The molecular formula is C13H17F2N. The molecule has 1 heterocycles. The molecule has 1 aromatic carbocycles. The smallest absolute Gasteiger partial charge is 0.129 e. The fourth-order valence-corrected chi connectivity index (χ4v) is 2.41. The summed E-state index contributed by atoms with van der Waals surface area (Å²) in [4.78, 5) is 0. The SMILES string of the molecule is CC(CC1CCCN1)c1ccc(F)cc1F. The molecule has 3 heteroatoms. The fraction of sp³-hybridized carbons (Fsp3) is 0.538. The van der Waals surface area contributed by atoms with Gasteiger partial charge in [-0.2, -0.15) is 0 Å². The standard InChI is InChI=1S/C13H17F2N/c1-9(7-11-3-2-6-16-11)12-5-4-10(14)8-13(12)15/h4-5,8-9,11,16H,2-3,6-7H2,1H3. The van der Waals surface area contributed by atoms with Crippen molar-refractivity contribution >= 4 is 0 Å². The van der Waals surface area contributed by atoms with Gasteiger partial charge in [-0.3, -0.25) is 0 Å². The van der Waals surface area contributed by atoms with Crippen molar-refractivity contribution in [3.8, 4) is 0 Å². The number of halogens is 2. The number of benzene rings is 1. The van der Waals surface area contributed by atoms with E-state index in [-0.39, 0.29) is 5.92 Å². The third-order valence-corrected chi connectivity index (χ3v) is 3.29. The van der Waals surface area contributed by atoms with E-state index in [1.165, 1.54) is 12.5 Å². The zero-order chi connectivity index (χ0) is 11.5. The van der Waals surface area contributed by atoms with Gasteiger partial charge in [0, 0.05) is 12.1 Å². The molecule has 0 spiro atoms. The lowest BCUT2D eigenvalue weighted by atomic mass is 9.93. The maximum Gasteiger partial charge on any atom is 0.129 e. The number of rotatable bonds is 3. The van der Waals surface area contributed by atoms with Crippen LogP contribution in [0.1, 0.15) is 37.7 Å². The molecule has 0 radical (unpaired) electrons. The Morgan fingerprint density at radius 3 is 2.88 bits per heavy atom. The molecule has 0 amide bonds. The molecule has 1 aromatic rings. The predicted octanol–water partition coefficient (Wildman–Crippen LogP) is 3.21. The topological polar surface area (TPSA) is 12.0 Å². The average molecular weight is 225 g/mol. The average Bonchev–Trinajstić information content (AvgIpc) is 2.70. The molecule has 88 valence electrons. The molecule has 1 aliphatic rings. The van der Waals surface area contributed by atoms with Gasteiger partial charge in [0.25, 0.3) is 0 Å². The van der Waals surface area contributed by atoms with E-state index in [4.69, 9.17) is 0 Å². The Labute approximate surface area is 94.9 Å². The van der Waals surface area contributed by atoms with Gasteiger partial charge in [-0.05, 0) is 43.4 Å². The van der Waals surface area contributed by atoms with Gasteiger partial charge in [0.05, 0.1) is 0 Å². The monoisotopic (exact) mass is 225 g/mol. The van der Waals surface area contributed by atoms with Gasteiger partial charge in [-0.25, -0.2) is 8.78 Å². The molecule has 1 nitrogen and oxygen atoms in total. The quantitative estimate of drug-likeness (QED) is 0.833. The van der Waals surface area contributed by atoms with Crippen LogP contribution < -0.4 is 5.32 Å². The van der Waals surface area contributed by atoms with Crippen LogP contribution in [0.3, 0.4) is 0 Å². The number of nitrogens with one attached hydrogen (secondary N) is 1. The van der Waals surface area contributed by atoms with Gasteiger partial charge in [-0.15, -0.1) is 0 Å². The molecule has 2 rings (SSSR count). The molecule has 0 saturated carbocycles. The van der Waals surface area contributed by atoms with Gasteiger partial charge < -0.3 is 5.32 Å². The molecule has 0 bridgehead atoms. The van der Waals surface area contributed by atoms with Gasteiger partial charge in [0.1, 0.15) is 11.6 Å². The van der Waals surface area contributed by atoms with Crippen molar-refractivity contribution in [3.63, 3.8) is 0 Å². The van der Waals surface area contributed by atoms with Crippen LogP contribution in [0.25, 0.3) is 0 Å². The summed E-state index contributed by atoms with van der Waals surface area (Å²) in [5.74, 6) is -0.797. The van der Waals surface area contributed by atoms with Gasteiger partial charge in [-0.1, -0.05) is 13.0 Å². The Bertz CT molecular complexity index is 359. The van der Waals surface area contributed by atoms with Crippen LogP contribution in [-0.4, -0.2) is 12.6 Å². The Morgan fingerprint density at radius 2 is 2.25 bits per heavy atom. The van der Waals surface area contributed by atoms with Crippen molar-refractivity contribution in [3.05, 3.63) is 35.4 Å². The minimum absolute atomic E-state index is 0.135.